The Balaban J connectivity index is 2.36. The van der Waals surface area contributed by atoms with E-state index in [9.17, 15) is 14.9 Å². The van der Waals surface area contributed by atoms with Gasteiger partial charge in [0.2, 0.25) is 5.15 Å². The van der Waals surface area contributed by atoms with Gasteiger partial charge in [-0.25, -0.2) is 4.98 Å². The van der Waals surface area contributed by atoms with Gasteiger partial charge < -0.3 is 0 Å². The van der Waals surface area contributed by atoms with Gasteiger partial charge in [0.25, 0.3) is 5.91 Å². The lowest BCUT2D eigenvalue weighted by molar-refractivity contribution is -0.385. The lowest BCUT2D eigenvalue weighted by Gasteiger charge is -2.06. The van der Waals surface area contributed by atoms with Crippen molar-refractivity contribution >= 4 is 23.2 Å². The molecule has 1 amide bonds. The molecule has 0 radical (unpaired) electrons. The normalized spacial score (nSPS) is 10.1. The largest absolute Gasteiger partial charge is 0.319 e. The second kappa shape index (κ2) is 4.84. The van der Waals surface area contributed by atoms with Gasteiger partial charge in [0.15, 0.2) is 0 Å². The molecular weight excluding hydrogens is 260 g/mol. The molecular formula is C10H7ClN4O3. The number of nitrogens with one attached hydrogen (secondary N) is 1. The molecule has 1 N–H and O–H groups in total. The van der Waals surface area contributed by atoms with E-state index >= 15 is 0 Å². The van der Waals surface area contributed by atoms with E-state index in [1.165, 1.54) is 16.9 Å². The van der Waals surface area contributed by atoms with Crippen LogP contribution in [0.2, 0.25) is 5.15 Å². The van der Waals surface area contributed by atoms with Crippen LogP contribution in [0.25, 0.3) is 0 Å². The summed E-state index contributed by atoms with van der Waals surface area (Å²) in [5, 5.41) is 10.5. The smallest absolute Gasteiger partial charge is 0.268 e. The molecule has 2 heterocycles. The first-order valence-corrected chi connectivity index (χ1v) is 5.20. The Bertz CT molecular complexity index is 597. The summed E-state index contributed by atoms with van der Waals surface area (Å²) in [4.78, 5) is 25.6. The van der Waals surface area contributed by atoms with Crippen molar-refractivity contribution in [2.24, 2.45) is 0 Å². The standard InChI is InChI=1S/C10H7ClN4O3/c11-9-8(15(17)18)7(3-4-12-9)10(16)13-14-5-1-2-6-14/h1-6H,(H,13,16). The summed E-state index contributed by atoms with van der Waals surface area (Å²) < 4.78 is 1.38. The SMILES string of the molecule is O=C(Nn1cccc1)c1ccnc(Cl)c1[N+](=O)[O-]. The molecule has 0 fully saturated rings. The minimum absolute atomic E-state index is 0.145. The Kier molecular flexibility index (Phi) is 3.24. The molecule has 2 aromatic heterocycles. The van der Waals surface area contributed by atoms with E-state index < -0.39 is 16.5 Å². The van der Waals surface area contributed by atoms with Gasteiger partial charge in [-0.05, 0) is 18.2 Å². The van der Waals surface area contributed by atoms with Gasteiger partial charge in [-0.3, -0.25) is 25.0 Å². The average Bonchev–Trinajstić information content (AvgIpc) is 2.80. The van der Waals surface area contributed by atoms with Gasteiger partial charge in [-0.2, -0.15) is 0 Å². The molecule has 0 atom stereocenters. The zero-order valence-corrected chi connectivity index (χ0v) is 9.66. The van der Waals surface area contributed by atoms with Crippen molar-refractivity contribution in [3.8, 4) is 0 Å². The molecule has 0 unspecified atom stereocenters. The van der Waals surface area contributed by atoms with Crippen LogP contribution in [0.3, 0.4) is 0 Å². The summed E-state index contributed by atoms with van der Waals surface area (Å²) in [5.41, 5.74) is 1.79. The third-order valence-corrected chi connectivity index (χ3v) is 2.42. The fraction of sp³-hybridized carbons (Fsp3) is 0. The molecule has 18 heavy (non-hydrogen) atoms. The van der Waals surface area contributed by atoms with Crippen molar-refractivity contribution < 1.29 is 9.72 Å². The quantitative estimate of drug-likeness (QED) is 0.521. The monoisotopic (exact) mass is 266 g/mol. The van der Waals surface area contributed by atoms with E-state index in [2.05, 4.69) is 10.4 Å². The predicted octanol–water partition coefficient (Wildman–Crippen LogP) is 1.83. The van der Waals surface area contributed by atoms with Crippen LogP contribution in [-0.2, 0) is 0 Å². The number of carbonyl (C=O) groups excluding carboxylic acids is 1. The van der Waals surface area contributed by atoms with E-state index in [1.807, 2.05) is 0 Å². The first-order chi connectivity index (χ1) is 8.59. The number of pyridine rings is 1. The lowest BCUT2D eigenvalue weighted by atomic mass is 10.2. The second-order valence-corrected chi connectivity index (χ2v) is 3.64. The summed E-state index contributed by atoms with van der Waals surface area (Å²) >= 11 is 5.61. The summed E-state index contributed by atoms with van der Waals surface area (Å²) in [5.74, 6) is -0.637. The highest BCUT2D eigenvalue weighted by Crippen LogP contribution is 2.25. The maximum absolute atomic E-state index is 11.9. The van der Waals surface area contributed by atoms with Gasteiger partial charge in [-0.1, -0.05) is 11.6 Å². The first-order valence-electron chi connectivity index (χ1n) is 4.83. The number of carbonyl (C=O) groups is 1. The number of nitro groups is 1. The molecule has 0 saturated heterocycles. The molecule has 7 nitrogen and oxygen atoms in total. The number of hydrogen-bond donors (Lipinski definition) is 1. The van der Waals surface area contributed by atoms with Crippen molar-refractivity contribution in [1.29, 1.82) is 0 Å². The lowest BCUT2D eigenvalue weighted by Crippen LogP contribution is -2.22. The molecule has 0 aliphatic rings. The van der Waals surface area contributed by atoms with Crippen LogP contribution in [0.5, 0.6) is 0 Å². The van der Waals surface area contributed by atoms with Crippen molar-refractivity contribution in [3.63, 3.8) is 0 Å². The Labute approximate surface area is 106 Å². The Morgan fingerprint density at radius 2 is 2.11 bits per heavy atom. The van der Waals surface area contributed by atoms with Crippen LogP contribution in [-0.4, -0.2) is 20.5 Å². The summed E-state index contributed by atoms with van der Waals surface area (Å²) in [6, 6.07) is 4.64. The van der Waals surface area contributed by atoms with Crippen LogP contribution in [0.1, 0.15) is 10.4 Å². The fourth-order valence-electron chi connectivity index (χ4n) is 1.37. The van der Waals surface area contributed by atoms with Crippen LogP contribution in [0, 0.1) is 10.1 Å². The predicted molar refractivity (Wildman–Crippen MR) is 64.0 cm³/mol. The molecule has 8 heteroatoms. The molecule has 2 rings (SSSR count). The summed E-state index contributed by atoms with van der Waals surface area (Å²) in [6.07, 6.45) is 4.42. The maximum atomic E-state index is 11.9. The molecule has 0 bridgehead atoms. The number of halogens is 1. The fourth-order valence-corrected chi connectivity index (χ4v) is 1.60. The maximum Gasteiger partial charge on any atom is 0.319 e. The van der Waals surface area contributed by atoms with Gasteiger partial charge in [0.1, 0.15) is 5.56 Å². The zero-order valence-electron chi connectivity index (χ0n) is 8.91. The van der Waals surface area contributed by atoms with Gasteiger partial charge in [0, 0.05) is 18.6 Å². The summed E-state index contributed by atoms with van der Waals surface area (Å²) in [7, 11) is 0. The highest BCUT2D eigenvalue weighted by Gasteiger charge is 2.24. The molecule has 0 saturated carbocycles. The first kappa shape index (κ1) is 12.1. The van der Waals surface area contributed by atoms with Crippen molar-refractivity contribution in [1.82, 2.24) is 9.66 Å². The Morgan fingerprint density at radius 3 is 2.72 bits per heavy atom. The van der Waals surface area contributed by atoms with E-state index in [4.69, 9.17) is 11.6 Å². The molecule has 92 valence electrons. The molecule has 0 aliphatic heterocycles. The van der Waals surface area contributed by atoms with Crippen molar-refractivity contribution in [2.75, 3.05) is 5.43 Å². The van der Waals surface area contributed by atoms with Crippen LogP contribution in [0.15, 0.2) is 36.8 Å². The second-order valence-electron chi connectivity index (χ2n) is 3.29. The van der Waals surface area contributed by atoms with E-state index in [0.29, 0.717) is 0 Å². The summed E-state index contributed by atoms with van der Waals surface area (Å²) in [6.45, 7) is 0. The Hall–Kier alpha value is -2.41. The molecule has 0 spiro atoms. The number of rotatable bonds is 3. The van der Waals surface area contributed by atoms with Crippen molar-refractivity contribution in [3.05, 3.63) is 57.6 Å². The molecule has 0 aliphatic carbocycles. The zero-order chi connectivity index (χ0) is 13.1. The van der Waals surface area contributed by atoms with Crippen LogP contribution in [0.4, 0.5) is 5.69 Å². The molecule has 0 aromatic carbocycles. The van der Waals surface area contributed by atoms with Crippen molar-refractivity contribution in [2.45, 2.75) is 0 Å². The average molecular weight is 267 g/mol. The highest BCUT2D eigenvalue weighted by molar-refractivity contribution is 6.32. The molecule has 2 aromatic rings. The minimum atomic E-state index is -0.736. The minimum Gasteiger partial charge on any atom is -0.268 e. The van der Waals surface area contributed by atoms with Gasteiger partial charge in [-0.15, -0.1) is 0 Å². The third kappa shape index (κ3) is 2.30. The number of hydrogen-bond acceptors (Lipinski definition) is 4. The highest BCUT2D eigenvalue weighted by atomic mass is 35.5. The van der Waals surface area contributed by atoms with Crippen LogP contribution < -0.4 is 5.43 Å². The van der Waals surface area contributed by atoms with Gasteiger partial charge in [0.05, 0.1) is 4.92 Å². The Morgan fingerprint density at radius 1 is 1.44 bits per heavy atom. The van der Waals surface area contributed by atoms with E-state index in [-0.39, 0.29) is 10.7 Å². The number of nitrogens with zero attached hydrogens (tertiary/aromatic N) is 3. The third-order valence-electron chi connectivity index (χ3n) is 2.14. The van der Waals surface area contributed by atoms with E-state index in [0.717, 1.165) is 0 Å². The number of amides is 1. The number of aromatic nitrogens is 2. The van der Waals surface area contributed by atoms with Gasteiger partial charge >= 0.3 is 5.69 Å². The topological polar surface area (TPSA) is 90.1 Å². The van der Waals surface area contributed by atoms with E-state index in [1.54, 1.807) is 24.5 Å². The van der Waals surface area contributed by atoms with Crippen LogP contribution >= 0.6 is 11.6 Å².